The third-order valence-corrected chi connectivity index (χ3v) is 2.67. The molecule has 0 saturated carbocycles. The number of esters is 1. The Balaban J connectivity index is 2.29. The van der Waals surface area contributed by atoms with Crippen LogP contribution in [0.4, 0.5) is 5.82 Å². The van der Waals surface area contributed by atoms with Crippen molar-refractivity contribution in [3.63, 3.8) is 0 Å². The Morgan fingerprint density at radius 1 is 1.47 bits per heavy atom. The number of aromatic nitrogens is 2. The molecule has 6 heteroatoms. The van der Waals surface area contributed by atoms with Crippen LogP contribution in [0.2, 0.25) is 5.02 Å². The maximum atomic E-state index is 11.7. The predicted octanol–water partition coefficient (Wildman–Crippen LogP) is 2.67. The van der Waals surface area contributed by atoms with Crippen molar-refractivity contribution in [2.45, 2.75) is 13.3 Å². The van der Waals surface area contributed by atoms with Crippen molar-refractivity contribution in [3.05, 3.63) is 41.0 Å². The van der Waals surface area contributed by atoms with Gasteiger partial charge in [0.05, 0.1) is 12.3 Å². The summed E-state index contributed by atoms with van der Waals surface area (Å²) >= 11 is 5.91. The van der Waals surface area contributed by atoms with E-state index in [2.05, 4.69) is 5.10 Å². The molecule has 0 amide bonds. The van der Waals surface area contributed by atoms with Crippen molar-refractivity contribution < 1.29 is 9.53 Å². The first-order valence-electron chi connectivity index (χ1n) is 5.90. The molecule has 0 atom stereocenters. The molecule has 19 heavy (non-hydrogen) atoms. The number of halogens is 1. The maximum Gasteiger partial charge on any atom is 0.358 e. The van der Waals surface area contributed by atoms with E-state index in [9.17, 15) is 4.79 Å². The van der Waals surface area contributed by atoms with E-state index in [0.29, 0.717) is 23.1 Å². The number of nitrogen functional groups attached to an aromatic ring is 1. The highest BCUT2D eigenvalue weighted by Gasteiger charge is 2.14. The molecule has 2 rings (SSSR count). The number of rotatable bonds is 4. The lowest BCUT2D eigenvalue weighted by Gasteiger charge is -2.03. The van der Waals surface area contributed by atoms with Gasteiger partial charge in [-0.05, 0) is 24.6 Å². The second-order valence-corrected chi connectivity index (χ2v) is 4.42. The van der Waals surface area contributed by atoms with Crippen molar-refractivity contribution in [3.8, 4) is 5.69 Å². The molecule has 100 valence electrons. The van der Waals surface area contributed by atoms with E-state index in [1.54, 1.807) is 24.3 Å². The second-order valence-electron chi connectivity index (χ2n) is 3.98. The van der Waals surface area contributed by atoms with Crippen molar-refractivity contribution >= 4 is 23.4 Å². The van der Waals surface area contributed by atoms with Gasteiger partial charge in [-0.3, -0.25) is 0 Å². The van der Waals surface area contributed by atoms with E-state index in [4.69, 9.17) is 22.1 Å². The zero-order chi connectivity index (χ0) is 13.8. The largest absolute Gasteiger partial charge is 0.461 e. The third-order valence-electron chi connectivity index (χ3n) is 2.44. The fraction of sp³-hybridized carbons (Fsp3) is 0.231. The van der Waals surface area contributed by atoms with Gasteiger partial charge in [0.25, 0.3) is 0 Å². The summed E-state index contributed by atoms with van der Waals surface area (Å²) in [5, 5.41) is 4.70. The van der Waals surface area contributed by atoms with E-state index in [0.717, 1.165) is 6.42 Å². The highest BCUT2D eigenvalue weighted by molar-refractivity contribution is 6.30. The normalized spacial score (nSPS) is 10.4. The lowest BCUT2D eigenvalue weighted by atomic mass is 10.3. The third kappa shape index (κ3) is 3.06. The topological polar surface area (TPSA) is 70.1 Å². The number of hydrogen-bond acceptors (Lipinski definition) is 4. The average Bonchev–Trinajstić information content (AvgIpc) is 2.78. The van der Waals surface area contributed by atoms with Crippen LogP contribution >= 0.6 is 11.6 Å². The van der Waals surface area contributed by atoms with Crippen LogP contribution in [0.3, 0.4) is 0 Å². The molecule has 0 fully saturated rings. The van der Waals surface area contributed by atoms with Crippen LogP contribution in [-0.2, 0) is 4.74 Å². The molecule has 0 unspecified atom stereocenters. The summed E-state index contributed by atoms with van der Waals surface area (Å²) in [6.07, 6.45) is 0.760. The fourth-order valence-electron chi connectivity index (χ4n) is 1.58. The van der Waals surface area contributed by atoms with E-state index in [-0.39, 0.29) is 5.69 Å². The zero-order valence-corrected chi connectivity index (χ0v) is 11.2. The van der Waals surface area contributed by atoms with Gasteiger partial charge in [0.2, 0.25) is 0 Å². The predicted molar refractivity (Wildman–Crippen MR) is 73.6 cm³/mol. The number of hydrogen-bond donors (Lipinski definition) is 1. The molecular formula is C13H14ClN3O2. The van der Waals surface area contributed by atoms with Gasteiger partial charge in [-0.2, -0.15) is 5.10 Å². The minimum Gasteiger partial charge on any atom is -0.461 e. The number of ether oxygens (including phenoxy) is 1. The quantitative estimate of drug-likeness (QED) is 0.874. The highest BCUT2D eigenvalue weighted by Crippen LogP contribution is 2.18. The molecule has 0 bridgehead atoms. The smallest absolute Gasteiger partial charge is 0.358 e. The fourth-order valence-corrected chi connectivity index (χ4v) is 1.76. The second kappa shape index (κ2) is 5.75. The van der Waals surface area contributed by atoms with E-state index < -0.39 is 5.97 Å². The molecule has 0 spiro atoms. The summed E-state index contributed by atoms with van der Waals surface area (Å²) in [6.45, 7) is 2.29. The first-order chi connectivity index (χ1) is 9.11. The molecule has 2 N–H and O–H groups in total. The Morgan fingerprint density at radius 2 is 2.26 bits per heavy atom. The van der Waals surface area contributed by atoms with Gasteiger partial charge in [-0.1, -0.05) is 24.6 Å². The van der Waals surface area contributed by atoms with E-state index >= 15 is 0 Å². The summed E-state index contributed by atoms with van der Waals surface area (Å²) in [4.78, 5) is 11.7. The molecule has 5 nitrogen and oxygen atoms in total. The summed E-state index contributed by atoms with van der Waals surface area (Å²) in [5.41, 5.74) is 6.72. The number of carbonyl (C=O) groups is 1. The van der Waals surface area contributed by atoms with Crippen LogP contribution in [0.15, 0.2) is 30.3 Å². The molecule has 0 aliphatic carbocycles. The maximum absolute atomic E-state index is 11.7. The number of carbonyl (C=O) groups excluding carboxylic acids is 1. The Bertz CT molecular complexity index is 595. The SMILES string of the molecule is CCCOC(=O)c1cc(N)n(-c2cccc(Cl)c2)n1. The minimum atomic E-state index is -0.477. The summed E-state index contributed by atoms with van der Waals surface area (Å²) < 4.78 is 6.46. The molecule has 1 heterocycles. The summed E-state index contributed by atoms with van der Waals surface area (Å²) in [5.74, 6) is -0.125. The van der Waals surface area contributed by atoms with Crippen LogP contribution in [0.1, 0.15) is 23.8 Å². The van der Waals surface area contributed by atoms with Gasteiger partial charge in [-0.15, -0.1) is 0 Å². The van der Waals surface area contributed by atoms with Crippen LogP contribution < -0.4 is 5.73 Å². The summed E-state index contributed by atoms with van der Waals surface area (Å²) in [7, 11) is 0. The Labute approximate surface area is 115 Å². The standard InChI is InChI=1S/C13H14ClN3O2/c1-2-6-19-13(18)11-8-12(15)17(16-11)10-5-3-4-9(14)7-10/h3-5,7-8H,2,6,15H2,1H3. The first-order valence-corrected chi connectivity index (χ1v) is 6.28. The van der Waals surface area contributed by atoms with Crippen LogP contribution in [0, 0.1) is 0 Å². The minimum absolute atomic E-state index is 0.186. The lowest BCUT2D eigenvalue weighted by molar-refractivity contribution is 0.0497. The van der Waals surface area contributed by atoms with E-state index in [1.165, 1.54) is 10.7 Å². The van der Waals surface area contributed by atoms with Gasteiger partial charge in [0, 0.05) is 11.1 Å². The molecule has 0 saturated heterocycles. The summed E-state index contributed by atoms with van der Waals surface area (Å²) in [6, 6.07) is 8.54. The zero-order valence-electron chi connectivity index (χ0n) is 10.5. The molecule has 0 aliphatic rings. The van der Waals surface area contributed by atoms with Crippen LogP contribution in [0.5, 0.6) is 0 Å². The van der Waals surface area contributed by atoms with Gasteiger partial charge >= 0.3 is 5.97 Å². The molecular weight excluding hydrogens is 266 g/mol. The highest BCUT2D eigenvalue weighted by atomic mass is 35.5. The number of nitrogens with two attached hydrogens (primary N) is 1. The molecule has 1 aromatic heterocycles. The van der Waals surface area contributed by atoms with Gasteiger partial charge in [0.15, 0.2) is 5.69 Å². The van der Waals surface area contributed by atoms with Gasteiger partial charge in [0.1, 0.15) is 5.82 Å². The van der Waals surface area contributed by atoms with Gasteiger partial charge in [-0.25, -0.2) is 9.48 Å². The molecule has 2 aromatic rings. The number of anilines is 1. The Kier molecular flexibility index (Phi) is 4.06. The van der Waals surface area contributed by atoms with Crippen molar-refractivity contribution in [2.24, 2.45) is 0 Å². The Morgan fingerprint density at radius 3 is 2.95 bits per heavy atom. The number of benzene rings is 1. The lowest BCUT2D eigenvalue weighted by Crippen LogP contribution is -2.08. The van der Waals surface area contributed by atoms with Crippen molar-refractivity contribution in [1.29, 1.82) is 0 Å². The van der Waals surface area contributed by atoms with Crippen molar-refractivity contribution in [1.82, 2.24) is 9.78 Å². The van der Waals surface area contributed by atoms with Gasteiger partial charge < -0.3 is 10.5 Å². The molecule has 1 aromatic carbocycles. The Hall–Kier alpha value is -2.01. The molecule has 0 aliphatic heterocycles. The monoisotopic (exact) mass is 279 g/mol. The van der Waals surface area contributed by atoms with Crippen molar-refractivity contribution in [2.75, 3.05) is 12.3 Å². The first kappa shape index (κ1) is 13.4. The van der Waals surface area contributed by atoms with Crippen LogP contribution in [0.25, 0.3) is 5.69 Å². The molecule has 0 radical (unpaired) electrons. The average molecular weight is 280 g/mol. The van der Waals surface area contributed by atoms with Crippen LogP contribution in [-0.4, -0.2) is 22.4 Å². The van der Waals surface area contributed by atoms with E-state index in [1.807, 2.05) is 6.92 Å². The number of nitrogens with zero attached hydrogens (tertiary/aromatic N) is 2.